The van der Waals surface area contributed by atoms with E-state index in [9.17, 15) is 9.90 Å². The highest BCUT2D eigenvalue weighted by Crippen LogP contribution is 2.14. The van der Waals surface area contributed by atoms with Crippen LogP contribution >= 0.6 is 0 Å². The summed E-state index contributed by atoms with van der Waals surface area (Å²) in [6, 6.07) is 6.03. The normalized spacial score (nSPS) is 18.0. The van der Waals surface area contributed by atoms with Crippen molar-refractivity contribution >= 4 is 11.9 Å². The summed E-state index contributed by atoms with van der Waals surface area (Å²) in [5, 5.41) is 19.4. The third kappa shape index (κ3) is 7.81. The van der Waals surface area contributed by atoms with E-state index in [0.29, 0.717) is 32.6 Å². The van der Waals surface area contributed by atoms with Gasteiger partial charge in [-0.2, -0.15) is 0 Å². The Balaban J connectivity index is 2.07. The van der Waals surface area contributed by atoms with Crippen molar-refractivity contribution < 1.29 is 9.90 Å². The molecule has 1 aromatic rings. The highest BCUT2D eigenvalue weighted by molar-refractivity contribution is 5.86. The number of amides is 1. The number of phenols is 1. The quantitative estimate of drug-likeness (QED) is 0.268. The van der Waals surface area contributed by atoms with Gasteiger partial charge in [-0.05, 0) is 17.7 Å². The SMILES string of the molecule is NC(N)=NC(Cc1ccc(O)cc1)C(=O)N1CCNCCNCCNCC1. The maximum absolute atomic E-state index is 13.1. The van der Waals surface area contributed by atoms with Crippen molar-refractivity contribution in [3.05, 3.63) is 29.8 Å². The summed E-state index contributed by atoms with van der Waals surface area (Å²) in [4.78, 5) is 19.1. The number of hydrogen-bond acceptors (Lipinski definition) is 6. The van der Waals surface area contributed by atoms with Crippen molar-refractivity contribution in [1.82, 2.24) is 20.9 Å². The second kappa shape index (κ2) is 11.4. The van der Waals surface area contributed by atoms with Crippen molar-refractivity contribution in [1.29, 1.82) is 0 Å². The number of benzene rings is 1. The maximum atomic E-state index is 13.1. The van der Waals surface area contributed by atoms with Crippen LogP contribution in [0.2, 0.25) is 0 Å². The minimum absolute atomic E-state index is 0.102. The van der Waals surface area contributed by atoms with Gasteiger partial charge in [-0.15, -0.1) is 0 Å². The monoisotopic (exact) mass is 377 g/mol. The van der Waals surface area contributed by atoms with Crippen LogP contribution in [0.1, 0.15) is 5.56 Å². The summed E-state index contributed by atoms with van der Waals surface area (Å²) in [5.41, 5.74) is 12.0. The molecule has 1 atom stereocenters. The molecule has 0 saturated carbocycles. The molecule has 27 heavy (non-hydrogen) atoms. The predicted molar refractivity (Wildman–Crippen MR) is 107 cm³/mol. The molecule has 1 aliphatic rings. The van der Waals surface area contributed by atoms with Gasteiger partial charge in [0.15, 0.2) is 5.96 Å². The first-order chi connectivity index (χ1) is 13.1. The molecule has 0 radical (unpaired) electrons. The molecule has 0 aromatic heterocycles. The van der Waals surface area contributed by atoms with E-state index in [1.165, 1.54) is 0 Å². The average Bonchev–Trinajstić information content (AvgIpc) is 2.62. The smallest absolute Gasteiger partial charge is 0.247 e. The van der Waals surface area contributed by atoms with Gasteiger partial charge < -0.3 is 37.4 Å². The molecule has 1 fully saturated rings. The summed E-state index contributed by atoms with van der Waals surface area (Å²) < 4.78 is 0. The Morgan fingerprint density at radius 3 is 2.04 bits per heavy atom. The number of nitrogens with two attached hydrogens (primary N) is 2. The molecule has 8 N–H and O–H groups in total. The molecule has 0 bridgehead atoms. The lowest BCUT2D eigenvalue weighted by atomic mass is 10.0. The highest BCUT2D eigenvalue weighted by Gasteiger charge is 2.24. The van der Waals surface area contributed by atoms with Crippen LogP contribution in [0.3, 0.4) is 0 Å². The van der Waals surface area contributed by atoms with Crippen LogP contribution < -0.4 is 27.4 Å². The lowest BCUT2D eigenvalue weighted by molar-refractivity contribution is -0.132. The van der Waals surface area contributed by atoms with Crippen molar-refractivity contribution in [2.75, 3.05) is 52.4 Å². The van der Waals surface area contributed by atoms with Crippen LogP contribution in [0.4, 0.5) is 0 Å². The highest BCUT2D eigenvalue weighted by atomic mass is 16.3. The number of phenolic OH excluding ortho intramolecular Hbond substituents is 1. The molecular formula is C18H31N7O2. The van der Waals surface area contributed by atoms with Gasteiger partial charge in [-0.1, -0.05) is 12.1 Å². The third-order valence-electron chi connectivity index (χ3n) is 4.34. The summed E-state index contributed by atoms with van der Waals surface area (Å²) in [6.07, 6.45) is 0.373. The first kappa shape index (κ1) is 20.9. The number of guanidine groups is 1. The molecule has 2 rings (SSSR count). The average molecular weight is 377 g/mol. The molecular weight excluding hydrogens is 346 g/mol. The number of aliphatic imine (C=N–C) groups is 1. The molecule has 150 valence electrons. The lowest BCUT2D eigenvalue weighted by Gasteiger charge is -2.27. The Hall–Kier alpha value is -2.36. The molecule has 1 aliphatic heterocycles. The van der Waals surface area contributed by atoms with Gasteiger partial charge in [0.2, 0.25) is 5.91 Å². The Labute approximate surface area is 160 Å². The summed E-state index contributed by atoms with van der Waals surface area (Å²) >= 11 is 0. The van der Waals surface area contributed by atoms with Crippen molar-refractivity contribution in [3.8, 4) is 5.75 Å². The summed E-state index contributed by atoms with van der Waals surface area (Å²) in [6.45, 7) is 6.10. The van der Waals surface area contributed by atoms with Gasteiger partial charge >= 0.3 is 0 Å². The van der Waals surface area contributed by atoms with Crippen LogP contribution in [0.15, 0.2) is 29.3 Å². The molecule has 0 spiro atoms. The number of nitrogens with zero attached hydrogens (tertiary/aromatic N) is 2. The van der Waals surface area contributed by atoms with Crippen molar-refractivity contribution in [2.24, 2.45) is 16.5 Å². The molecule has 9 heteroatoms. The number of rotatable bonds is 4. The van der Waals surface area contributed by atoms with E-state index in [2.05, 4.69) is 20.9 Å². The fourth-order valence-corrected chi connectivity index (χ4v) is 2.92. The molecule has 9 nitrogen and oxygen atoms in total. The van der Waals surface area contributed by atoms with Gasteiger partial charge in [-0.3, -0.25) is 4.79 Å². The van der Waals surface area contributed by atoms with Crippen LogP contribution in [-0.4, -0.2) is 80.3 Å². The Kier molecular flexibility index (Phi) is 8.82. The Morgan fingerprint density at radius 1 is 1.00 bits per heavy atom. The fraction of sp³-hybridized carbons (Fsp3) is 0.556. The largest absolute Gasteiger partial charge is 0.508 e. The van der Waals surface area contributed by atoms with E-state index >= 15 is 0 Å². The topological polar surface area (TPSA) is 141 Å². The number of carbonyl (C=O) groups is 1. The van der Waals surface area contributed by atoms with E-state index in [0.717, 1.165) is 31.7 Å². The van der Waals surface area contributed by atoms with E-state index in [-0.39, 0.29) is 17.6 Å². The molecule has 0 aliphatic carbocycles. The summed E-state index contributed by atoms with van der Waals surface area (Å²) in [7, 11) is 0. The lowest BCUT2D eigenvalue weighted by Crippen LogP contribution is -2.47. The van der Waals surface area contributed by atoms with Gasteiger partial charge in [0, 0.05) is 58.8 Å². The molecule has 1 aromatic carbocycles. The fourth-order valence-electron chi connectivity index (χ4n) is 2.92. The van der Waals surface area contributed by atoms with Crippen LogP contribution in [-0.2, 0) is 11.2 Å². The minimum atomic E-state index is -0.686. The maximum Gasteiger partial charge on any atom is 0.247 e. The molecule has 1 unspecified atom stereocenters. The van der Waals surface area contributed by atoms with E-state index < -0.39 is 6.04 Å². The molecule has 1 saturated heterocycles. The Morgan fingerprint density at radius 2 is 1.52 bits per heavy atom. The third-order valence-corrected chi connectivity index (χ3v) is 4.34. The number of hydrogen-bond donors (Lipinski definition) is 6. The van der Waals surface area contributed by atoms with Crippen molar-refractivity contribution in [3.63, 3.8) is 0 Å². The Bertz CT molecular complexity index is 590. The van der Waals surface area contributed by atoms with Crippen LogP contribution in [0.5, 0.6) is 5.75 Å². The van der Waals surface area contributed by atoms with Crippen molar-refractivity contribution in [2.45, 2.75) is 12.5 Å². The van der Waals surface area contributed by atoms with Gasteiger partial charge in [-0.25, -0.2) is 4.99 Å². The first-order valence-electron chi connectivity index (χ1n) is 9.34. The predicted octanol–water partition coefficient (Wildman–Crippen LogP) is -1.81. The zero-order valence-corrected chi connectivity index (χ0v) is 15.7. The van der Waals surface area contributed by atoms with Crippen LogP contribution in [0, 0.1) is 0 Å². The van der Waals surface area contributed by atoms with E-state index in [4.69, 9.17) is 11.5 Å². The van der Waals surface area contributed by atoms with E-state index in [1.807, 2.05) is 0 Å². The van der Waals surface area contributed by atoms with Gasteiger partial charge in [0.1, 0.15) is 11.8 Å². The van der Waals surface area contributed by atoms with E-state index in [1.54, 1.807) is 29.2 Å². The number of nitrogens with one attached hydrogen (secondary N) is 3. The zero-order valence-electron chi connectivity index (χ0n) is 15.7. The summed E-state index contributed by atoms with van der Waals surface area (Å²) in [5.74, 6) is -0.0303. The minimum Gasteiger partial charge on any atom is -0.508 e. The first-order valence-corrected chi connectivity index (χ1v) is 9.34. The molecule has 1 heterocycles. The molecule has 1 amide bonds. The second-order valence-corrected chi connectivity index (χ2v) is 6.52. The van der Waals surface area contributed by atoms with Crippen LogP contribution in [0.25, 0.3) is 0 Å². The zero-order chi connectivity index (χ0) is 19.5. The standard InChI is InChI=1S/C18H31N7O2/c19-18(20)24-16(13-14-1-3-15(26)4-2-14)17(27)25-11-9-22-7-5-21-6-8-23-10-12-25/h1-4,16,21-23,26H,5-13H2,(H4,19,20,24). The number of aromatic hydroxyl groups is 1. The second-order valence-electron chi connectivity index (χ2n) is 6.52. The number of carbonyl (C=O) groups excluding carboxylic acids is 1. The van der Waals surface area contributed by atoms with Gasteiger partial charge in [0.25, 0.3) is 0 Å². The van der Waals surface area contributed by atoms with Gasteiger partial charge in [0.05, 0.1) is 0 Å².